The topological polar surface area (TPSA) is 37.3 Å². The molecule has 1 N–H and O–H groups in total. The smallest absolute Gasteiger partial charge is 0.319 e. The molecule has 0 radical (unpaired) electrons. The number of carbonyl (C=O) groups is 1. The average molecular weight is 357 g/mol. The average Bonchev–Trinajstić information content (AvgIpc) is 2.54. The summed E-state index contributed by atoms with van der Waals surface area (Å²) >= 11 is 4.20. The number of carboxylic acid groups (broad SMARTS) is 1. The number of aliphatic carboxylic acids is 1. The molecule has 0 aliphatic rings. The standard InChI is InChI=1S/C21H40O2S/c1-3-4-5-6-7-8-9-10-11-12-13-14-15-16-17-18-19-21(2,24)20(22)23/h10-11,24H,3-9,12-19H2,1-2H3,(H,22,23)/b11-10-. The van der Waals surface area contributed by atoms with Crippen molar-refractivity contribution in [3.63, 3.8) is 0 Å². The number of rotatable bonds is 17. The lowest BCUT2D eigenvalue weighted by Gasteiger charge is -2.17. The Morgan fingerprint density at radius 2 is 1.25 bits per heavy atom. The van der Waals surface area contributed by atoms with Crippen molar-refractivity contribution < 1.29 is 9.90 Å². The molecule has 0 amide bonds. The highest BCUT2D eigenvalue weighted by atomic mass is 32.1. The quantitative estimate of drug-likeness (QED) is 0.164. The minimum absolute atomic E-state index is 0.659. The second kappa shape index (κ2) is 16.1. The summed E-state index contributed by atoms with van der Waals surface area (Å²) in [4.78, 5) is 10.9. The lowest BCUT2D eigenvalue weighted by molar-refractivity contribution is -0.139. The van der Waals surface area contributed by atoms with Crippen LogP contribution in [0.3, 0.4) is 0 Å². The van der Waals surface area contributed by atoms with E-state index in [1.54, 1.807) is 6.92 Å². The first kappa shape index (κ1) is 23.6. The molecule has 1 atom stereocenters. The number of carboxylic acids is 1. The van der Waals surface area contributed by atoms with Gasteiger partial charge in [0.15, 0.2) is 0 Å². The Bertz CT molecular complexity index is 324. The van der Waals surface area contributed by atoms with Crippen molar-refractivity contribution in [2.75, 3.05) is 0 Å². The first-order valence-electron chi connectivity index (χ1n) is 10.1. The van der Waals surface area contributed by atoms with Crippen LogP contribution in [0.4, 0.5) is 0 Å². The molecule has 0 saturated carbocycles. The highest BCUT2D eigenvalue weighted by molar-refractivity contribution is 7.82. The number of hydrogen-bond donors (Lipinski definition) is 2. The maximum atomic E-state index is 10.9. The maximum absolute atomic E-state index is 10.9. The van der Waals surface area contributed by atoms with Crippen LogP contribution < -0.4 is 0 Å². The van der Waals surface area contributed by atoms with Crippen molar-refractivity contribution in [2.45, 2.75) is 115 Å². The molecule has 0 aliphatic heterocycles. The van der Waals surface area contributed by atoms with Gasteiger partial charge >= 0.3 is 5.97 Å². The van der Waals surface area contributed by atoms with Crippen LogP contribution in [0.1, 0.15) is 110 Å². The Morgan fingerprint density at radius 3 is 1.71 bits per heavy atom. The summed E-state index contributed by atoms with van der Waals surface area (Å²) in [5.74, 6) is -0.807. The lowest BCUT2D eigenvalue weighted by atomic mass is 10.0. The van der Waals surface area contributed by atoms with Gasteiger partial charge in [-0.1, -0.05) is 83.3 Å². The molecule has 0 saturated heterocycles. The summed E-state index contributed by atoms with van der Waals surface area (Å²) in [5, 5.41) is 8.98. The van der Waals surface area contributed by atoms with Gasteiger partial charge in [-0.15, -0.1) is 0 Å². The van der Waals surface area contributed by atoms with E-state index in [4.69, 9.17) is 5.11 Å². The molecule has 0 aromatic heterocycles. The Kier molecular flexibility index (Phi) is 15.8. The lowest BCUT2D eigenvalue weighted by Crippen LogP contribution is -2.28. The zero-order valence-corrected chi connectivity index (χ0v) is 17.0. The summed E-state index contributed by atoms with van der Waals surface area (Å²) in [6.45, 7) is 3.95. The summed E-state index contributed by atoms with van der Waals surface area (Å²) in [6.07, 6.45) is 23.2. The predicted octanol–water partition coefficient (Wildman–Crippen LogP) is 7.19. The Morgan fingerprint density at radius 1 is 0.833 bits per heavy atom. The van der Waals surface area contributed by atoms with Crippen LogP contribution in [-0.2, 0) is 4.79 Å². The highest BCUT2D eigenvalue weighted by Gasteiger charge is 2.27. The van der Waals surface area contributed by atoms with Crippen LogP contribution in [0.25, 0.3) is 0 Å². The van der Waals surface area contributed by atoms with E-state index in [1.165, 1.54) is 77.0 Å². The fourth-order valence-corrected chi connectivity index (χ4v) is 2.98. The van der Waals surface area contributed by atoms with Gasteiger partial charge in [-0.05, 0) is 39.0 Å². The molecule has 2 nitrogen and oxygen atoms in total. The molecule has 0 bridgehead atoms. The number of allylic oxidation sites excluding steroid dienone is 2. The minimum atomic E-state index is -0.860. The van der Waals surface area contributed by atoms with Crippen molar-refractivity contribution in [1.29, 1.82) is 0 Å². The molecular weight excluding hydrogens is 316 g/mol. The van der Waals surface area contributed by atoms with Gasteiger partial charge in [0.25, 0.3) is 0 Å². The summed E-state index contributed by atoms with van der Waals surface area (Å²) in [6, 6.07) is 0. The molecule has 142 valence electrons. The normalized spacial score (nSPS) is 14.1. The molecule has 0 spiro atoms. The third-order valence-electron chi connectivity index (χ3n) is 4.64. The second-order valence-corrected chi connectivity index (χ2v) is 8.25. The largest absolute Gasteiger partial charge is 0.480 e. The zero-order chi connectivity index (χ0) is 18.1. The van der Waals surface area contributed by atoms with E-state index in [1.807, 2.05) is 0 Å². The fraction of sp³-hybridized carbons (Fsp3) is 0.857. The molecule has 1 unspecified atom stereocenters. The van der Waals surface area contributed by atoms with Crippen LogP contribution >= 0.6 is 12.6 Å². The monoisotopic (exact) mass is 356 g/mol. The van der Waals surface area contributed by atoms with E-state index in [0.717, 1.165) is 12.8 Å². The van der Waals surface area contributed by atoms with E-state index in [-0.39, 0.29) is 0 Å². The molecular formula is C21H40O2S. The highest BCUT2D eigenvalue weighted by Crippen LogP contribution is 2.22. The molecule has 0 aliphatic carbocycles. The van der Waals surface area contributed by atoms with Gasteiger partial charge in [-0.25, -0.2) is 0 Å². The summed E-state index contributed by atoms with van der Waals surface area (Å²) in [7, 11) is 0. The van der Waals surface area contributed by atoms with Gasteiger partial charge in [0, 0.05) is 0 Å². The van der Waals surface area contributed by atoms with Crippen molar-refractivity contribution in [3.8, 4) is 0 Å². The van der Waals surface area contributed by atoms with Crippen molar-refractivity contribution in [1.82, 2.24) is 0 Å². The molecule has 3 heteroatoms. The van der Waals surface area contributed by atoms with Gasteiger partial charge in [-0.2, -0.15) is 12.6 Å². The molecule has 0 heterocycles. The maximum Gasteiger partial charge on any atom is 0.319 e. The number of hydrogen-bond acceptors (Lipinski definition) is 2. The number of unbranched alkanes of at least 4 members (excludes halogenated alkanes) is 12. The fourth-order valence-electron chi connectivity index (χ4n) is 2.82. The Hall–Kier alpha value is -0.440. The SMILES string of the molecule is CCCCCCCC/C=C\CCCCCCCCC(C)(S)C(=O)O. The summed E-state index contributed by atoms with van der Waals surface area (Å²) < 4.78 is -0.860. The predicted molar refractivity (Wildman–Crippen MR) is 109 cm³/mol. The third-order valence-corrected chi connectivity index (χ3v) is 5.05. The van der Waals surface area contributed by atoms with Gasteiger partial charge in [0.2, 0.25) is 0 Å². The first-order chi connectivity index (χ1) is 11.5. The van der Waals surface area contributed by atoms with Crippen LogP contribution in [0, 0.1) is 0 Å². The van der Waals surface area contributed by atoms with Gasteiger partial charge in [0.05, 0.1) is 0 Å². The van der Waals surface area contributed by atoms with Crippen LogP contribution in [0.5, 0.6) is 0 Å². The minimum Gasteiger partial charge on any atom is -0.480 e. The zero-order valence-electron chi connectivity index (χ0n) is 16.1. The van der Waals surface area contributed by atoms with Crippen LogP contribution in [-0.4, -0.2) is 15.8 Å². The van der Waals surface area contributed by atoms with Crippen molar-refractivity contribution >= 4 is 18.6 Å². The van der Waals surface area contributed by atoms with Crippen LogP contribution in [0.15, 0.2) is 12.2 Å². The summed E-state index contributed by atoms with van der Waals surface area (Å²) in [5.41, 5.74) is 0. The van der Waals surface area contributed by atoms with E-state index in [0.29, 0.717) is 6.42 Å². The molecule has 0 aromatic carbocycles. The van der Waals surface area contributed by atoms with E-state index >= 15 is 0 Å². The van der Waals surface area contributed by atoms with Gasteiger partial charge in [0.1, 0.15) is 4.75 Å². The molecule has 0 fully saturated rings. The second-order valence-electron chi connectivity index (χ2n) is 7.27. The Balaban J connectivity index is 3.25. The van der Waals surface area contributed by atoms with Crippen molar-refractivity contribution in [2.24, 2.45) is 0 Å². The van der Waals surface area contributed by atoms with Crippen LogP contribution in [0.2, 0.25) is 0 Å². The molecule has 0 aromatic rings. The molecule has 0 rings (SSSR count). The van der Waals surface area contributed by atoms with Crippen molar-refractivity contribution in [3.05, 3.63) is 12.2 Å². The van der Waals surface area contributed by atoms with Gasteiger partial charge in [-0.3, -0.25) is 4.79 Å². The number of thiol groups is 1. The first-order valence-corrected chi connectivity index (χ1v) is 10.6. The third kappa shape index (κ3) is 15.1. The van der Waals surface area contributed by atoms with E-state index in [9.17, 15) is 4.79 Å². The Labute approximate surface area is 155 Å². The van der Waals surface area contributed by atoms with E-state index in [2.05, 4.69) is 31.7 Å². The molecule has 24 heavy (non-hydrogen) atoms. The van der Waals surface area contributed by atoms with E-state index < -0.39 is 10.7 Å². The van der Waals surface area contributed by atoms with Gasteiger partial charge < -0.3 is 5.11 Å².